The number of nitro groups is 1. The van der Waals surface area contributed by atoms with Crippen LogP contribution in [0, 0.1) is 10.1 Å². The van der Waals surface area contributed by atoms with Gasteiger partial charge in [0.25, 0.3) is 0 Å². The Morgan fingerprint density at radius 2 is 2.46 bits per heavy atom. The summed E-state index contributed by atoms with van der Waals surface area (Å²) in [7, 11) is 1.31. The molecule has 0 aromatic heterocycles. The van der Waals surface area contributed by atoms with E-state index < -0.39 is 6.04 Å². The third kappa shape index (κ3) is 2.27. The second-order valence-electron chi connectivity index (χ2n) is 2.93. The summed E-state index contributed by atoms with van der Waals surface area (Å²) in [4.78, 5) is 21.0. The van der Waals surface area contributed by atoms with E-state index in [9.17, 15) is 14.9 Å². The zero-order chi connectivity index (χ0) is 9.84. The number of ether oxygens (including phenoxy) is 1. The van der Waals surface area contributed by atoms with Crippen LogP contribution in [0.4, 0.5) is 0 Å². The number of hydrogen-bond acceptors (Lipinski definition) is 4. The van der Waals surface area contributed by atoms with E-state index in [0.29, 0.717) is 24.8 Å². The number of carbonyl (C=O) groups excluding carboxylic acids is 1. The minimum absolute atomic E-state index is 0.301. The van der Waals surface area contributed by atoms with Crippen LogP contribution >= 0.6 is 0 Å². The lowest BCUT2D eigenvalue weighted by atomic mass is 9.96. The maximum Gasteiger partial charge on any atom is 0.333 e. The van der Waals surface area contributed by atoms with Crippen LogP contribution in [-0.2, 0) is 9.53 Å². The minimum atomic E-state index is -0.534. The summed E-state index contributed by atoms with van der Waals surface area (Å²) < 4.78 is 4.51. The van der Waals surface area contributed by atoms with Gasteiger partial charge in [-0.05, 0) is 6.42 Å². The van der Waals surface area contributed by atoms with E-state index in [0.717, 1.165) is 0 Å². The first kappa shape index (κ1) is 9.70. The van der Waals surface area contributed by atoms with Crippen molar-refractivity contribution in [2.75, 3.05) is 7.11 Å². The Labute approximate surface area is 75.5 Å². The highest BCUT2D eigenvalue weighted by Crippen LogP contribution is 2.20. The third-order valence-electron chi connectivity index (χ3n) is 2.13. The first-order chi connectivity index (χ1) is 6.15. The van der Waals surface area contributed by atoms with Gasteiger partial charge in [0.2, 0.25) is 6.04 Å². The molecular formula is C8H11NO4. The summed E-state index contributed by atoms with van der Waals surface area (Å²) in [5, 5.41) is 10.4. The van der Waals surface area contributed by atoms with Crippen molar-refractivity contribution < 1.29 is 14.5 Å². The lowest BCUT2D eigenvalue weighted by molar-refractivity contribution is -0.523. The molecule has 5 nitrogen and oxygen atoms in total. The zero-order valence-corrected chi connectivity index (χ0v) is 7.36. The van der Waals surface area contributed by atoms with E-state index in [2.05, 4.69) is 4.74 Å². The highest BCUT2D eigenvalue weighted by molar-refractivity contribution is 5.88. The minimum Gasteiger partial charge on any atom is -0.466 e. The first-order valence-electron chi connectivity index (χ1n) is 4.06. The fourth-order valence-electron chi connectivity index (χ4n) is 1.33. The average molecular weight is 185 g/mol. The van der Waals surface area contributed by atoms with Crippen molar-refractivity contribution in [3.8, 4) is 0 Å². The van der Waals surface area contributed by atoms with Gasteiger partial charge in [0.1, 0.15) is 0 Å². The molecule has 72 valence electrons. The van der Waals surface area contributed by atoms with Crippen molar-refractivity contribution in [2.24, 2.45) is 0 Å². The Kier molecular flexibility index (Phi) is 3.00. The number of methoxy groups -OCH3 is 1. The maximum atomic E-state index is 11.0. The predicted octanol–water partition coefficient (Wildman–Crippen LogP) is 0.915. The summed E-state index contributed by atoms with van der Waals surface area (Å²) in [6.45, 7) is 0. The first-order valence-corrected chi connectivity index (χ1v) is 4.06. The van der Waals surface area contributed by atoms with Crippen LogP contribution < -0.4 is 0 Å². The normalized spacial score (nSPS) is 21.9. The van der Waals surface area contributed by atoms with Gasteiger partial charge in [0.05, 0.1) is 7.11 Å². The Morgan fingerprint density at radius 3 is 2.85 bits per heavy atom. The van der Waals surface area contributed by atoms with Crippen LogP contribution in [0.1, 0.15) is 19.3 Å². The summed E-state index contributed by atoms with van der Waals surface area (Å²) >= 11 is 0. The quantitative estimate of drug-likeness (QED) is 0.364. The summed E-state index contributed by atoms with van der Waals surface area (Å²) in [6.07, 6.45) is 2.80. The summed E-state index contributed by atoms with van der Waals surface area (Å²) in [5.41, 5.74) is 0.556. The molecule has 0 bridgehead atoms. The van der Waals surface area contributed by atoms with Crippen LogP contribution in [0.3, 0.4) is 0 Å². The van der Waals surface area contributed by atoms with E-state index in [1.54, 1.807) is 6.08 Å². The monoisotopic (exact) mass is 185 g/mol. The van der Waals surface area contributed by atoms with Crippen molar-refractivity contribution in [3.63, 3.8) is 0 Å². The molecule has 0 saturated carbocycles. The molecule has 0 aliphatic heterocycles. The number of nitrogens with zero attached hydrogens (tertiary/aromatic N) is 1. The van der Waals surface area contributed by atoms with Crippen molar-refractivity contribution in [1.82, 2.24) is 0 Å². The second-order valence-corrected chi connectivity index (χ2v) is 2.93. The second kappa shape index (κ2) is 4.02. The highest BCUT2D eigenvalue weighted by atomic mass is 16.6. The Bertz CT molecular complexity index is 259. The van der Waals surface area contributed by atoms with E-state index >= 15 is 0 Å². The van der Waals surface area contributed by atoms with E-state index in [4.69, 9.17) is 0 Å². The number of hydrogen-bond donors (Lipinski definition) is 0. The molecule has 0 saturated heterocycles. The molecule has 0 aromatic carbocycles. The summed E-state index contributed by atoms with van der Waals surface area (Å²) in [5.74, 6) is -0.373. The lowest BCUT2D eigenvalue weighted by Crippen LogP contribution is -2.23. The topological polar surface area (TPSA) is 69.4 Å². The van der Waals surface area contributed by atoms with Gasteiger partial charge in [-0.15, -0.1) is 0 Å². The van der Waals surface area contributed by atoms with Crippen LogP contribution in [0.15, 0.2) is 11.6 Å². The molecule has 1 atom stereocenters. The Morgan fingerprint density at radius 1 is 1.77 bits per heavy atom. The van der Waals surface area contributed by atoms with Gasteiger partial charge in [0, 0.05) is 23.3 Å². The largest absolute Gasteiger partial charge is 0.466 e. The average Bonchev–Trinajstić information content (AvgIpc) is 2.17. The Hall–Kier alpha value is -1.39. The zero-order valence-electron chi connectivity index (χ0n) is 7.36. The van der Waals surface area contributed by atoms with Crippen LogP contribution in [0.5, 0.6) is 0 Å². The van der Waals surface area contributed by atoms with Crippen molar-refractivity contribution in [2.45, 2.75) is 25.3 Å². The van der Waals surface area contributed by atoms with Gasteiger partial charge in [-0.2, -0.15) is 0 Å². The van der Waals surface area contributed by atoms with Crippen molar-refractivity contribution in [3.05, 3.63) is 21.8 Å². The van der Waals surface area contributed by atoms with E-state index in [-0.39, 0.29) is 10.9 Å². The van der Waals surface area contributed by atoms with Gasteiger partial charge in [-0.25, -0.2) is 4.79 Å². The van der Waals surface area contributed by atoms with Gasteiger partial charge in [-0.1, -0.05) is 6.08 Å². The molecule has 0 N–H and O–H groups in total. The van der Waals surface area contributed by atoms with Crippen LogP contribution in [0.25, 0.3) is 0 Å². The molecule has 1 aliphatic carbocycles. The van der Waals surface area contributed by atoms with Crippen molar-refractivity contribution >= 4 is 5.97 Å². The number of rotatable bonds is 2. The van der Waals surface area contributed by atoms with Gasteiger partial charge >= 0.3 is 5.97 Å². The third-order valence-corrected chi connectivity index (χ3v) is 2.13. The SMILES string of the molecule is COC(=O)C1=CCC([N+](=O)[O-])CC1. The maximum absolute atomic E-state index is 11.0. The molecule has 0 radical (unpaired) electrons. The molecule has 1 rings (SSSR count). The molecule has 0 amide bonds. The molecule has 1 unspecified atom stereocenters. The van der Waals surface area contributed by atoms with E-state index in [1.165, 1.54) is 7.11 Å². The van der Waals surface area contributed by atoms with Crippen LogP contribution in [0.2, 0.25) is 0 Å². The molecule has 1 aliphatic rings. The molecule has 0 spiro atoms. The van der Waals surface area contributed by atoms with Gasteiger partial charge in [0.15, 0.2) is 0 Å². The fraction of sp³-hybridized carbons (Fsp3) is 0.625. The van der Waals surface area contributed by atoms with Gasteiger partial charge < -0.3 is 4.74 Å². The van der Waals surface area contributed by atoms with Gasteiger partial charge in [-0.3, -0.25) is 10.1 Å². The smallest absolute Gasteiger partial charge is 0.333 e. The molecular weight excluding hydrogens is 174 g/mol. The van der Waals surface area contributed by atoms with E-state index in [1.807, 2.05) is 0 Å². The van der Waals surface area contributed by atoms with Crippen molar-refractivity contribution in [1.29, 1.82) is 0 Å². The molecule has 5 heteroatoms. The standard InChI is InChI=1S/C8H11NO4/c1-13-8(10)6-2-4-7(5-3-6)9(11)12/h2,7H,3-5H2,1H3. The molecule has 13 heavy (non-hydrogen) atoms. The Balaban J connectivity index is 2.57. The fourth-order valence-corrected chi connectivity index (χ4v) is 1.33. The highest BCUT2D eigenvalue weighted by Gasteiger charge is 2.25. The number of esters is 1. The van der Waals surface area contributed by atoms with Crippen LogP contribution in [-0.4, -0.2) is 24.0 Å². The molecule has 0 aromatic rings. The number of carbonyl (C=O) groups is 1. The predicted molar refractivity (Wildman–Crippen MR) is 44.7 cm³/mol. The molecule has 0 fully saturated rings. The molecule has 0 heterocycles. The summed E-state index contributed by atoms with van der Waals surface area (Å²) in [6, 6.07) is -0.534. The lowest BCUT2D eigenvalue weighted by Gasteiger charge is -2.14.